The molecule has 0 amide bonds. The number of aliphatic imine (C=N–C) groups is 1. The Hall–Kier alpha value is -4.21. The summed E-state index contributed by atoms with van der Waals surface area (Å²) in [5, 5.41) is 2.40. The van der Waals surface area contributed by atoms with Crippen LogP contribution in [0, 0.1) is 19.8 Å². The van der Waals surface area contributed by atoms with Crippen LogP contribution in [0.2, 0.25) is 0 Å². The van der Waals surface area contributed by atoms with Crippen LogP contribution in [0.5, 0.6) is 5.75 Å². The molecular formula is C32H34F5N3O2. The van der Waals surface area contributed by atoms with Crippen molar-refractivity contribution in [2.24, 2.45) is 10.9 Å². The van der Waals surface area contributed by atoms with Crippen LogP contribution in [0.3, 0.4) is 0 Å². The quantitative estimate of drug-likeness (QED) is 0.139. The summed E-state index contributed by atoms with van der Waals surface area (Å²) in [6, 6.07) is 11.1. The van der Waals surface area contributed by atoms with E-state index in [0.29, 0.717) is 34.4 Å². The van der Waals surface area contributed by atoms with Gasteiger partial charge in [0.15, 0.2) is 0 Å². The molecular weight excluding hydrogens is 553 g/mol. The molecule has 0 aliphatic carbocycles. The molecule has 0 atom stereocenters. The number of alkyl halides is 5. The lowest BCUT2D eigenvalue weighted by Crippen LogP contribution is -2.27. The Bertz CT molecular complexity index is 1520. The average molecular weight is 588 g/mol. The van der Waals surface area contributed by atoms with Crippen LogP contribution in [-0.4, -0.2) is 30.1 Å². The fourth-order valence-corrected chi connectivity index (χ4v) is 4.19. The van der Waals surface area contributed by atoms with E-state index in [2.05, 4.69) is 15.0 Å². The second-order valence-electron chi connectivity index (χ2n) is 10.0. The fourth-order valence-electron chi connectivity index (χ4n) is 4.19. The number of hydrogen-bond acceptors (Lipinski definition) is 4. The second-order valence-corrected chi connectivity index (χ2v) is 10.0. The lowest BCUT2D eigenvalue weighted by Gasteiger charge is -2.16. The molecule has 0 unspecified atom stereocenters. The Morgan fingerprint density at radius 2 is 1.79 bits per heavy atom. The van der Waals surface area contributed by atoms with Crippen molar-refractivity contribution in [3.05, 3.63) is 93.6 Å². The van der Waals surface area contributed by atoms with Gasteiger partial charge in [-0.25, -0.2) is 0 Å². The maximum Gasteiger partial charge on any atom is 0.405 e. The van der Waals surface area contributed by atoms with Gasteiger partial charge in [0.25, 0.3) is 5.56 Å². The van der Waals surface area contributed by atoms with E-state index in [0.717, 1.165) is 11.3 Å². The zero-order valence-electron chi connectivity index (χ0n) is 24.1. The lowest BCUT2D eigenvalue weighted by atomic mass is 9.97. The van der Waals surface area contributed by atoms with Crippen molar-refractivity contribution in [2.45, 2.75) is 53.8 Å². The van der Waals surface area contributed by atoms with E-state index >= 15 is 0 Å². The SMILES string of the molecule is CC/C=C(/C=C\c1cn(-c2ccc(/N=C\C(C)C)c(C)c2)c(=O)c(-c2ccc(OC(F)F)cc2)c1C)NCC(F)(F)F. The number of ether oxygens (including phenoxy) is 1. The highest BCUT2D eigenvalue weighted by molar-refractivity contribution is 5.73. The molecule has 1 aromatic heterocycles. The molecule has 42 heavy (non-hydrogen) atoms. The summed E-state index contributed by atoms with van der Waals surface area (Å²) in [5.41, 5.74) is 4.01. The monoisotopic (exact) mass is 587 g/mol. The van der Waals surface area contributed by atoms with Crippen molar-refractivity contribution in [3.8, 4) is 22.6 Å². The Morgan fingerprint density at radius 3 is 2.36 bits per heavy atom. The minimum atomic E-state index is -4.39. The molecule has 224 valence electrons. The molecule has 0 radical (unpaired) electrons. The lowest BCUT2D eigenvalue weighted by molar-refractivity contribution is -0.123. The summed E-state index contributed by atoms with van der Waals surface area (Å²) >= 11 is 0. The molecule has 0 bridgehead atoms. The van der Waals surface area contributed by atoms with Gasteiger partial charge in [-0.2, -0.15) is 22.0 Å². The third kappa shape index (κ3) is 8.89. The predicted octanol–water partition coefficient (Wildman–Crippen LogP) is 8.54. The molecule has 0 saturated heterocycles. The smallest absolute Gasteiger partial charge is 0.405 e. The van der Waals surface area contributed by atoms with Crippen molar-refractivity contribution in [2.75, 3.05) is 6.54 Å². The zero-order chi connectivity index (χ0) is 31.0. The van der Waals surface area contributed by atoms with Crippen molar-refractivity contribution in [3.63, 3.8) is 0 Å². The minimum Gasteiger partial charge on any atom is -0.435 e. The fraction of sp³-hybridized carbons (Fsp3) is 0.312. The van der Waals surface area contributed by atoms with E-state index in [9.17, 15) is 26.7 Å². The Labute approximate surface area is 242 Å². The predicted molar refractivity (Wildman–Crippen MR) is 158 cm³/mol. The van der Waals surface area contributed by atoms with Gasteiger partial charge in [-0.15, -0.1) is 0 Å². The van der Waals surface area contributed by atoms with Gasteiger partial charge in [0.2, 0.25) is 0 Å². The largest absolute Gasteiger partial charge is 0.435 e. The van der Waals surface area contributed by atoms with Gasteiger partial charge in [0.05, 0.1) is 11.3 Å². The molecule has 0 fully saturated rings. The van der Waals surface area contributed by atoms with Gasteiger partial charge < -0.3 is 10.1 Å². The Balaban J connectivity index is 2.17. The summed E-state index contributed by atoms with van der Waals surface area (Å²) in [4.78, 5) is 18.4. The van der Waals surface area contributed by atoms with Crippen molar-refractivity contribution < 1.29 is 26.7 Å². The first-order valence-electron chi connectivity index (χ1n) is 13.4. The first-order chi connectivity index (χ1) is 19.8. The van der Waals surface area contributed by atoms with Gasteiger partial charge in [0, 0.05) is 23.8 Å². The van der Waals surface area contributed by atoms with Crippen LogP contribution in [0.15, 0.2) is 76.3 Å². The molecule has 3 aromatic rings. The first-order valence-corrected chi connectivity index (χ1v) is 13.4. The summed E-state index contributed by atoms with van der Waals surface area (Å²) in [6.45, 7) is 5.27. The van der Waals surface area contributed by atoms with Crippen molar-refractivity contribution in [1.29, 1.82) is 0 Å². The Morgan fingerprint density at radius 1 is 1.10 bits per heavy atom. The number of pyridine rings is 1. The zero-order valence-corrected chi connectivity index (χ0v) is 24.1. The van der Waals surface area contributed by atoms with Crippen LogP contribution in [0.4, 0.5) is 27.6 Å². The molecule has 3 rings (SSSR count). The molecule has 10 heteroatoms. The van der Waals surface area contributed by atoms with E-state index < -0.39 is 19.3 Å². The summed E-state index contributed by atoms with van der Waals surface area (Å²) in [5.74, 6) is 0.205. The first kappa shape index (κ1) is 32.3. The van der Waals surface area contributed by atoms with Crippen LogP contribution in [0.25, 0.3) is 22.9 Å². The third-order valence-electron chi connectivity index (χ3n) is 6.21. The standard InChI is InChI=1S/C32H34F5N3O2/c1-6-7-25(39-19-32(35,36)37)11-8-24-18-40(26-12-15-28(21(4)16-26)38-17-20(2)3)30(41)29(22(24)5)23-9-13-27(14-10-23)42-31(33)34/h7-18,20,31,39H,6,19H2,1-5H3/b11-8-,25-7-,38-17-. The highest BCUT2D eigenvalue weighted by Crippen LogP contribution is 2.28. The van der Waals surface area contributed by atoms with E-state index in [1.807, 2.05) is 46.0 Å². The Kier molecular flexibility index (Phi) is 10.9. The topological polar surface area (TPSA) is 55.6 Å². The summed E-state index contributed by atoms with van der Waals surface area (Å²) in [6.07, 6.45) is 4.39. The minimum absolute atomic E-state index is 0.0546. The molecule has 5 nitrogen and oxygen atoms in total. The van der Waals surface area contributed by atoms with Gasteiger partial charge in [-0.1, -0.05) is 45.1 Å². The van der Waals surface area contributed by atoms with Gasteiger partial charge >= 0.3 is 12.8 Å². The van der Waals surface area contributed by atoms with E-state index in [1.165, 1.54) is 34.9 Å². The molecule has 0 aliphatic rings. The van der Waals surface area contributed by atoms with Crippen molar-refractivity contribution in [1.82, 2.24) is 9.88 Å². The number of nitrogens with one attached hydrogen (secondary N) is 1. The molecule has 0 spiro atoms. The average Bonchev–Trinajstić information content (AvgIpc) is 2.90. The van der Waals surface area contributed by atoms with Crippen molar-refractivity contribution >= 4 is 18.0 Å². The number of benzene rings is 2. The summed E-state index contributed by atoms with van der Waals surface area (Å²) < 4.78 is 69.8. The number of halogens is 5. The van der Waals surface area contributed by atoms with Gasteiger partial charge in [0.1, 0.15) is 12.3 Å². The second kappa shape index (κ2) is 14.1. The summed E-state index contributed by atoms with van der Waals surface area (Å²) in [7, 11) is 0. The highest BCUT2D eigenvalue weighted by Gasteiger charge is 2.26. The third-order valence-corrected chi connectivity index (χ3v) is 6.21. The van der Waals surface area contributed by atoms with Crippen LogP contribution < -0.4 is 15.6 Å². The molecule has 1 N–H and O–H groups in total. The number of aromatic nitrogens is 1. The maximum atomic E-state index is 13.9. The highest BCUT2D eigenvalue weighted by atomic mass is 19.4. The number of aryl methyl sites for hydroxylation is 1. The van der Waals surface area contributed by atoms with E-state index in [4.69, 9.17) is 0 Å². The van der Waals surface area contributed by atoms with Crippen LogP contribution in [0.1, 0.15) is 43.9 Å². The molecule has 2 aromatic carbocycles. The maximum absolute atomic E-state index is 13.9. The van der Waals surface area contributed by atoms with E-state index in [1.54, 1.807) is 31.3 Å². The molecule has 0 aliphatic heterocycles. The molecule has 1 heterocycles. The van der Waals surface area contributed by atoms with Crippen LogP contribution >= 0.6 is 0 Å². The number of hydrogen-bond donors (Lipinski definition) is 1. The number of allylic oxidation sites excluding steroid dienone is 2. The number of rotatable bonds is 11. The van der Waals surface area contributed by atoms with Gasteiger partial charge in [-0.05, 0) is 84.8 Å². The van der Waals surface area contributed by atoms with E-state index in [-0.39, 0.29) is 22.9 Å². The van der Waals surface area contributed by atoms with Crippen LogP contribution in [-0.2, 0) is 0 Å². The number of nitrogens with zero attached hydrogens (tertiary/aromatic N) is 2. The van der Waals surface area contributed by atoms with Gasteiger partial charge in [-0.3, -0.25) is 14.4 Å². The normalized spacial score (nSPS) is 12.7. The molecule has 0 saturated carbocycles.